The maximum Gasteiger partial charge on any atom is 0.230 e. The molecule has 1 saturated heterocycles. The summed E-state index contributed by atoms with van der Waals surface area (Å²) in [5, 5.41) is 0. The Bertz CT molecular complexity index is 651. The Kier molecular flexibility index (Phi) is 6.76. The number of likely N-dealkylation sites (tertiary alicyclic amines) is 1. The van der Waals surface area contributed by atoms with Crippen molar-refractivity contribution in [3.05, 3.63) is 35.9 Å². The number of piperidine rings is 1. The summed E-state index contributed by atoms with van der Waals surface area (Å²) in [6.07, 6.45) is 5.28. The van der Waals surface area contributed by atoms with Crippen LogP contribution in [0.3, 0.4) is 0 Å². The second-order valence-corrected chi connectivity index (χ2v) is 8.44. The van der Waals surface area contributed by atoms with Crippen molar-refractivity contribution in [3.8, 4) is 0 Å². The lowest BCUT2D eigenvalue weighted by molar-refractivity contribution is -0.147. The van der Waals surface area contributed by atoms with Gasteiger partial charge in [0.1, 0.15) is 0 Å². The zero-order valence-electron chi connectivity index (χ0n) is 17.4. The van der Waals surface area contributed by atoms with Crippen LogP contribution in [0, 0.1) is 11.3 Å². The molecule has 1 heterocycles. The predicted octanol–water partition coefficient (Wildman–Crippen LogP) is 3.18. The van der Waals surface area contributed by atoms with E-state index in [0.29, 0.717) is 32.2 Å². The third kappa shape index (κ3) is 4.40. The number of carbonyl (C=O) groups is 2. The summed E-state index contributed by atoms with van der Waals surface area (Å²) >= 11 is 0. The molecule has 28 heavy (non-hydrogen) atoms. The molecule has 0 aromatic heterocycles. The lowest BCUT2D eigenvalue weighted by atomic mass is 9.80. The van der Waals surface area contributed by atoms with E-state index in [1.165, 1.54) is 5.56 Å². The molecule has 0 bridgehead atoms. The fourth-order valence-electron chi connectivity index (χ4n) is 4.38. The molecule has 1 aliphatic carbocycles. The van der Waals surface area contributed by atoms with Gasteiger partial charge in [-0.3, -0.25) is 9.59 Å². The molecular weight excluding hydrogens is 350 g/mol. The standard InChI is InChI=1S/C23H35N3O2/c1-3-23(4-2,17-24)22(28)25-14-12-19(13-15-25)21(27)26(20-10-11-20)16-18-8-6-5-7-9-18/h5-9,19-20H,3-4,10-17,24H2,1-2H3. The van der Waals surface area contributed by atoms with Gasteiger partial charge in [-0.15, -0.1) is 0 Å². The topological polar surface area (TPSA) is 66.6 Å². The van der Waals surface area contributed by atoms with E-state index in [-0.39, 0.29) is 17.7 Å². The number of nitrogens with two attached hydrogens (primary N) is 1. The molecule has 1 saturated carbocycles. The van der Waals surface area contributed by atoms with Gasteiger partial charge in [0.2, 0.25) is 11.8 Å². The molecule has 2 aliphatic rings. The third-order valence-corrected chi connectivity index (χ3v) is 6.80. The Morgan fingerprint density at radius 2 is 1.68 bits per heavy atom. The first-order chi connectivity index (χ1) is 13.5. The fraction of sp³-hybridized carbons (Fsp3) is 0.652. The molecule has 0 atom stereocenters. The van der Waals surface area contributed by atoms with Gasteiger partial charge in [0.25, 0.3) is 0 Å². The molecular formula is C23H35N3O2. The van der Waals surface area contributed by atoms with Gasteiger partial charge in [-0.1, -0.05) is 44.2 Å². The van der Waals surface area contributed by atoms with Crippen LogP contribution in [0.1, 0.15) is 57.9 Å². The van der Waals surface area contributed by atoms with E-state index in [2.05, 4.69) is 17.0 Å². The van der Waals surface area contributed by atoms with Gasteiger partial charge in [0.05, 0.1) is 5.41 Å². The third-order valence-electron chi connectivity index (χ3n) is 6.80. The fourth-order valence-corrected chi connectivity index (χ4v) is 4.38. The van der Waals surface area contributed by atoms with Crippen molar-refractivity contribution in [1.29, 1.82) is 0 Å². The van der Waals surface area contributed by atoms with Crippen molar-refractivity contribution in [3.63, 3.8) is 0 Å². The van der Waals surface area contributed by atoms with E-state index < -0.39 is 5.41 Å². The van der Waals surface area contributed by atoms with Gasteiger partial charge in [0, 0.05) is 38.1 Å². The quantitative estimate of drug-likeness (QED) is 0.747. The average Bonchev–Trinajstić information content (AvgIpc) is 3.59. The smallest absolute Gasteiger partial charge is 0.230 e. The molecule has 2 N–H and O–H groups in total. The highest BCUT2D eigenvalue weighted by atomic mass is 16.2. The highest BCUT2D eigenvalue weighted by Crippen LogP contribution is 2.33. The molecule has 0 spiro atoms. The lowest BCUT2D eigenvalue weighted by Crippen LogP contribution is -2.51. The molecule has 5 nitrogen and oxygen atoms in total. The Morgan fingerprint density at radius 3 is 2.18 bits per heavy atom. The predicted molar refractivity (Wildman–Crippen MR) is 111 cm³/mol. The van der Waals surface area contributed by atoms with Crippen molar-refractivity contribution in [2.24, 2.45) is 17.1 Å². The minimum absolute atomic E-state index is 0.0314. The van der Waals surface area contributed by atoms with Crippen LogP contribution in [0.2, 0.25) is 0 Å². The SMILES string of the molecule is CCC(CC)(CN)C(=O)N1CCC(C(=O)N(Cc2ccccc2)C2CC2)CC1. The first kappa shape index (κ1) is 20.8. The van der Waals surface area contributed by atoms with Crippen LogP contribution in [0.4, 0.5) is 0 Å². The van der Waals surface area contributed by atoms with Crippen LogP contribution < -0.4 is 5.73 Å². The maximum atomic E-state index is 13.2. The van der Waals surface area contributed by atoms with Crippen LogP contribution >= 0.6 is 0 Å². The normalized spacial score (nSPS) is 18.2. The number of rotatable bonds is 8. The van der Waals surface area contributed by atoms with Crippen LogP contribution in [0.15, 0.2) is 30.3 Å². The number of carbonyl (C=O) groups excluding carboxylic acids is 2. The summed E-state index contributed by atoms with van der Waals surface area (Å²) in [4.78, 5) is 30.3. The number of benzene rings is 1. The molecule has 3 rings (SSSR count). The van der Waals surface area contributed by atoms with Gasteiger partial charge in [-0.2, -0.15) is 0 Å². The van der Waals surface area contributed by atoms with Gasteiger partial charge < -0.3 is 15.5 Å². The summed E-state index contributed by atoms with van der Waals surface area (Å²) < 4.78 is 0. The van der Waals surface area contributed by atoms with Crippen molar-refractivity contribution >= 4 is 11.8 Å². The molecule has 0 unspecified atom stereocenters. The van der Waals surface area contributed by atoms with Crippen LogP contribution in [-0.2, 0) is 16.1 Å². The van der Waals surface area contributed by atoms with Crippen LogP contribution in [0.25, 0.3) is 0 Å². The van der Waals surface area contributed by atoms with Gasteiger partial charge in [-0.25, -0.2) is 0 Å². The van der Waals surface area contributed by atoms with E-state index in [4.69, 9.17) is 5.73 Å². The number of nitrogens with zero attached hydrogens (tertiary/aromatic N) is 2. The van der Waals surface area contributed by atoms with Crippen molar-refractivity contribution in [2.45, 2.75) is 65.0 Å². The van der Waals surface area contributed by atoms with Crippen molar-refractivity contribution < 1.29 is 9.59 Å². The second kappa shape index (κ2) is 9.08. The average molecular weight is 386 g/mol. The number of hydrogen-bond acceptors (Lipinski definition) is 3. The summed E-state index contributed by atoms with van der Waals surface area (Å²) in [6.45, 7) is 6.51. The highest BCUT2D eigenvalue weighted by molar-refractivity contribution is 5.84. The minimum atomic E-state index is -0.440. The molecule has 5 heteroatoms. The van der Waals surface area contributed by atoms with Crippen molar-refractivity contribution in [1.82, 2.24) is 9.80 Å². The van der Waals surface area contributed by atoms with Gasteiger partial charge in [-0.05, 0) is 44.1 Å². The van der Waals surface area contributed by atoms with Crippen LogP contribution in [-0.4, -0.2) is 47.3 Å². The largest absolute Gasteiger partial charge is 0.342 e. The molecule has 0 radical (unpaired) electrons. The Morgan fingerprint density at radius 1 is 1.07 bits per heavy atom. The second-order valence-electron chi connectivity index (χ2n) is 8.44. The van der Waals surface area contributed by atoms with E-state index in [1.807, 2.05) is 36.9 Å². The minimum Gasteiger partial charge on any atom is -0.342 e. The number of amides is 2. The molecule has 2 fully saturated rings. The van der Waals surface area contributed by atoms with Gasteiger partial charge in [0.15, 0.2) is 0 Å². The monoisotopic (exact) mass is 385 g/mol. The first-order valence-electron chi connectivity index (χ1n) is 10.9. The Balaban J connectivity index is 1.60. The zero-order valence-corrected chi connectivity index (χ0v) is 17.4. The highest BCUT2D eigenvalue weighted by Gasteiger charge is 2.41. The first-order valence-corrected chi connectivity index (χ1v) is 10.9. The Hall–Kier alpha value is -1.88. The molecule has 1 aliphatic heterocycles. The van der Waals surface area contributed by atoms with E-state index in [9.17, 15) is 9.59 Å². The van der Waals surface area contributed by atoms with E-state index in [1.54, 1.807) is 0 Å². The van der Waals surface area contributed by atoms with Crippen LogP contribution in [0.5, 0.6) is 0 Å². The van der Waals surface area contributed by atoms with Gasteiger partial charge >= 0.3 is 0 Å². The summed E-state index contributed by atoms with van der Waals surface area (Å²) in [5.41, 5.74) is 6.71. The van der Waals surface area contributed by atoms with Crippen molar-refractivity contribution in [2.75, 3.05) is 19.6 Å². The zero-order chi connectivity index (χ0) is 20.1. The maximum absolute atomic E-state index is 13.2. The Labute approximate surface area is 169 Å². The molecule has 154 valence electrons. The molecule has 1 aromatic rings. The summed E-state index contributed by atoms with van der Waals surface area (Å²) in [5.74, 6) is 0.479. The summed E-state index contributed by atoms with van der Waals surface area (Å²) in [7, 11) is 0. The van der Waals surface area contributed by atoms with E-state index in [0.717, 1.165) is 38.5 Å². The number of hydrogen-bond donors (Lipinski definition) is 1. The lowest BCUT2D eigenvalue weighted by Gasteiger charge is -2.39. The molecule has 1 aromatic carbocycles. The van der Waals surface area contributed by atoms with E-state index >= 15 is 0 Å². The summed E-state index contributed by atoms with van der Waals surface area (Å²) in [6, 6.07) is 10.6. The molecule has 2 amide bonds.